The summed E-state index contributed by atoms with van der Waals surface area (Å²) in [5.74, 6) is -1.95. The standard InChI is InChI=1S/C22H18F4N4O2/c1-12-4-3-9-27-18(12)20(31)28-16-10-17(23)30-13(2)11-29(21(32)19(16)30)15-7-5-14(6-8-15)22(24,25)26/h3-10,13H,11H2,1-2H3,(H,28,31)/t13-/m0/s1. The zero-order chi connectivity index (χ0) is 23.2. The van der Waals surface area contributed by atoms with Gasteiger partial charge in [-0.2, -0.15) is 17.6 Å². The molecule has 0 unspecified atom stereocenters. The molecule has 1 aliphatic rings. The molecule has 0 radical (unpaired) electrons. The molecule has 1 atom stereocenters. The summed E-state index contributed by atoms with van der Waals surface area (Å²) >= 11 is 0. The normalized spacial score (nSPS) is 16.1. The van der Waals surface area contributed by atoms with E-state index in [9.17, 15) is 27.2 Å². The van der Waals surface area contributed by atoms with Crippen LogP contribution in [-0.4, -0.2) is 27.9 Å². The summed E-state index contributed by atoms with van der Waals surface area (Å²) in [6.07, 6.45) is -3.06. The minimum atomic E-state index is -4.50. The summed E-state index contributed by atoms with van der Waals surface area (Å²) in [6, 6.07) is 8.04. The molecule has 0 fully saturated rings. The number of carbonyl (C=O) groups excluding carboxylic acids is 2. The van der Waals surface area contributed by atoms with E-state index >= 15 is 0 Å². The van der Waals surface area contributed by atoms with E-state index in [1.54, 1.807) is 26.0 Å². The van der Waals surface area contributed by atoms with Gasteiger partial charge in [-0.15, -0.1) is 0 Å². The van der Waals surface area contributed by atoms with E-state index in [0.29, 0.717) is 5.56 Å². The molecule has 3 aromatic rings. The van der Waals surface area contributed by atoms with Crippen molar-refractivity contribution in [2.75, 3.05) is 16.8 Å². The molecule has 3 heterocycles. The lowest BCUT2D eigenvalue weighted by Gasteiger charge is -2.33. The first-order valence-electron chi connectivity index (χ1n) is 9.70. The van der Waals surface area contributed by atoms with Crippen LogP contribution in [0.15, 0.2) is 48.7 Å². The lowest BCUT2D eigenvalue weighted by Crippen LogP contribution is -2.43. The number of nitrogens with zero attached hydrogens (tertiary/aromatic N) is 3. The van der Waals surface area contributed by atoms with E-state index in [-0.39, 0.29) is 29.3 Å². The summed E-state index contributed by atoms with van der Waals surface area (Å²) in [6.45, 7) is 3.41. The van der Waals surface area contributed by atoms with E-state index in [1.807, 2.05) is 0 Å². The van der Waals surface area contributed by atoms with Crippen molar-refractivity contribution in [1.29, 1.82) is 0 Å². The molecule has 2 amide bonds. The number of anilines is 2. The van der Waals surface area contributed by atoms with Gasteiger partial charge in [-0.25, -0.2) is 0 Å². The molecule has 0 bridgehead atoms. The molecule has 0 aliphatic carbocycles. The number of halogens is 4. The van der Waals surface area contributed by atoms with Gasteiger partial charge in [0, 0.05) is 24.5 Å². The van der Waals surface area contributed by atoms with Crippen molar-refractivity contribution in [3.05, 3.63) is 77.1 Å². The highest BCUT2D eigenvalue weighted by Gasteiger charge is 2.36. The minimum Gasteiger partial charge on any atom is -0.318 e. The third kappa shape index (κ3) is 3.72. The quantitative estimate of drug-likeness (QED) is 0.587. The van der Waals surface area contributed by atoms with Crippen LogP contribution in [0.5, 0.6) is 0 Å². The van der Waals surface area contributed by atoms with E-state index in [4.69, 9.17) is 0 Å². The maximum absolute atomic E-state index is 14.7. The van der Waals surface area contributed by atoms with Crippen molar-refractivity contribution in [2.45, 2.75) is 26.1 Å². The van der Waals surface area contributed by atoms with Crippen LogP contribution in [0, 0.1) is 12.9 Å². The number of fused-ring (bicyclic) bond motifs is 1. The Hall–Kier alpha value is -3.69. The number of pyridine rings is 1. The fourth-order valence-corrected chi connectivity index (χ4v) is 3.75. The Morgan fingerprint density at radius 2 is 1.88 bits per heavy atom. The maximum atomic E-state index is 14.7. The molecule has 2 aromatic heterocycles. The van der Waals surface area contributed by atoms with E-state index in [2.05, 4.69) is 10.3 Å². The van der Waals surface area contributed by atoms with Gasteiger partial charge in [-0.1, -0.05) is 6.07 Å². The molecular formula is C22H18F4N4O2. The Labute approximate surface area is 180 Å². The molecule has 0 spiro atoms. The number of alkyl halides is 3. The fourth-order valence-electron chi connectivity index (χ4n) is 3.75. The van der Waals surface area contributed by atoms with Crippen molar-refractivity contribution in [3.8, 4) is 0 Å². The second-order valence-corrected chi connectivity index (χ2v) is 7.53. The Kier molecular flexibility index (Phi) is 5.23. The number of aromatic nitrogens is 2. The predicted octanol–water partition coefficient (Wildman–Crippen LogP) is 4.82. The second kappa shape index (κ2) is 7.77. The number of carbonyl (C=O) groups is 2. The summed E-state index contributed by atoms with van der Waals surface area (Å²) in [5.41, 5.74) is -0.00473. The molecule has 0 saturated carbocycles. The third-order valence-electron chi connectivity index (χ3n) is 5.30. The summed E-state index contributed by atoms with van der Waals surface area (Å²) < 4.78 is 54.4. The van der Waals surface area contributed by atoms with E-state index < -0.39 is 35.5 Å². The molecule has 4 rings (SSSR count). The van der Waals surface area contributed by atoms with Crippen LogP contribution in [0.2, 0.25) is 0 Å². The van der Waals surface area contributed by atoms with Gasteiger partial charge in [0.1, 0.15) is 11.4 Å². The predicted molar refractivity (Wildman–Crippen MR) is 109 cm³/mol. The number of aryl methyl sites for hydroxylation is 1. The van der Waals surface area contributed by atoms with Crippen LogP contribution in [0.1, 0.15) is 45.1 Å². The number of hydrogen-bond acceptors (Lipinski definition) is 3. The molecule has 1 aromatic carbocycles. The number of benzene rings is 1. The van der Waals surface area contributed by atoms with Crippen LogP contribution in [0.3, 0.4) is 0 Å². The average molecular weight is 446 g/mol. The highest BCUT2D eigenvalue weighted by molar-refractivity contribution is 6.13. The van der Waals surface area contributed by atoms with Gasteiger partial charge in [0.15, 0.2) is 5.95 Å². The zero-order valence-electron chi connectivity index (χ0n) is 17.1. The first-order chi connectivity index (χ1) is 15.1. The van der Waals surface area contributed by atoms with Gasteiger partial charge >= 0.3 is 6.18 Å². The molecule has 10 heteroatoms. The number of rotatable bonds is 3. The topological polar surface area (TPSA) is 67.2 Å². The molecule has 1 aliphatic heterocycles. The summed E-state index contributed by atoms with van der Waals surface area (Å²) in [7, 11) is 0. The van der Waals surface area contributed by atoms with Gasteiger partial charge in [-0.3, -0.25) is 14.6 Å². The Balaban J connectivity index is 1.69. The Bertz CT molecular complexity index is 1200. The van der Waals surface area contributed by atoms with Gasteiger partial charge < -0.3 is 14.8 Å². The minimum absolute atomic E-state index is 0.0361. The van der Waals surface area contributed by atoms with Crippen molar-refractivity contribution in [1.82, 2.24) is 9.55 Å². The second-order valence-electron chi connectivity index (χ2n) is 7.53. The summed E-state index contributed by atoms with van der Waals surface area (Å²) in [4.78, 5) is 31.2. The van der Waals surface area contributed by atoms with Crippen molar-refractivity contribution in [2.24, 2.45) is 0 Å². The third-order valence-corrected chi connectivity index (χ3v) is 5.30. The van der Waals surface area contributed by atoms with Crippen molar-refractivity contribution >= 4 is 23.2 Å². The van der Waals surface area contributed by atoms with Crippen LogP contribution < -0.4 is 10.2 Å². The van der Waals surface area contributed by atoms with E-state index in [0.717, 1.165) is 18.2 Å². The highest BCUT2D eigenvalue weighted by atomic mass is 19.4. The molecule has 32 heavy (non-hydrogen) atoms. The van der Waals surface area contributed by atoms with Crippen molar-refractivity contribution < 1.29 is 27.2 Å². The molecule has 6 nitrogen and oxygen atoms in total. The first-order valence-corrected chi connectivity index (χ1v) is 9.70. The van der Waals surface area contributed by atoms with Crippen LogP contribution in [-0.2, 0) is 6.18 Å². The average Bonchev–Trinajstić information content (AvgIpc) is 3.07. The monoisotopic (exact) mass is 446 g/mol. The highest BCUT2D eigenvalue weighted by Crippen LogP contribution is 2.35. The molecular weight excluding hydrogens is 428 g/mol. The smallest absolute Gasteiger partial charge is 0.318 e. The SMILES string of the molecule is Cc1cccnc1C(=O)Nc1cc(F)n2c1C(=O)N(c1ccc(C(F)(F)F)cc1)C[C@@H]2C. The molecule has 0 saturated heterocycles. The fraction of sp³-hybridized carbons (Fsp3) is 0.227. The van der Waals surface area contributed by atoms with Crippen LogP contribution >= 0.6 is 0 Å². The maximum Gasteiger partial charge on any atom is 0.416 e. The number of nitrogens with one attached hydrogen (secondary N) is 1. The van der Waals surface area contributed by atoms with Crippen molar-refractivity contribution in [3.63, 3.8) is 0 Å². The largest absolute Gasteiger partial charge is 0.416 e. The first kappa shape index (κ1) is 21.5. The molecule has 166 valence electrons. The Morgan fingerprint density at radius 3 is 2.50 bits per heavy atom. The lowest BCUT2D eigenvalue weighted by atomic mass is 10.1. The van der Waals surface area contributed by atoms with Crippen LogP contribution in [0.25, 0.3) is 0 Å². The summed E-state index contributed by atoms with van der Waals surface area (Å²) in [5, 5.41) is 2.54. The Morgan fingerprint density at radius 1 is 1.19 bits per heavy atom. The van der Waals surface area contributed by atoms with E-state index in [1.165, 1.54) is 27.8 Å². The van der Waals surface area contributed by atoms with Gasteiger partial charge in [-0.05, 0) is 49.7 Å². The van der Waals surface area contributed by atoms with Gasteiger partial charge in [0.2, 0.25) is 0 Å². The number of hydrogen-bond donors (Lipinski definition) is 1. The van der Waals surface area contributed by atoms with Crippen LogP contribution in [0.4, 0.5) is 28.9 Å². The molecule has 1 N–H and O–H groups in total. The zero-order valence-corrected chi connectivity index (χ0v) is 17.1. The lowest BCUT2D eigenvalue weighted by molar-refractivity contribution is -0.137. The number of amides is 2. The van der Waals surface area contributed by atoms with Gasteiger partial charge in [0.05, 0.1) is 17.3 Å². The van der Waals surface area contributed by atoms with Gasteiger partial charge in [0.25, 0.3) is 11.8 Å².